The molecule has 116 valence electrons. The van der Waals surface area contributed by atoms with Crippen LogP contribution in [0.4, 0.5) is 0 Å². The molecule has 0 saturated heterocycles. The maximum Gasteiger partial charge on any atom is 0.125 e. The summed E-state index contributed by atoms with van der Waals surface area (Å²) in [4.78, 5) is 0. The Kier molecular flexibility index (Phi) is 4.33. The van der Waals surface area contributed by atoms with Crippen molar-refractivity contribution in [1.29, 1.82) is 0 Å². The molecule has 0 aliphatic heterocycles. The zero-order valence-corrected chi connectivity index (χ0v) is 13.4. The average Bonchev–Trinajstić information content (AvgIpc) is 2.60. The van der Waals surface area contributed by atoms with Gasteiger partial charge in [-0.15, -0.1) is 0 Å². The normalized spacial score (nSPS) is 10.7. The number of benzene rings is 3. The smallest absolute Gasteiger partial charge is 0.125 e. The molecule has 0 unspecified atom stereocenters. The first-order valence-electron chi connectivity index (χ1n) is 7.68. The Morgan fingerprint density at radius 3 is 1.83 bits per heavy atom. The van der Waals surface area contributed by atoms with Gasteiger partial charge < -0.3 is 9.84 Å². The van der Waals surface area contributed by atoms with Gasteiger partial charge in [0, 0.05) is 17.5 Å². The number of rotatable bonds is 4. The van der Waals surface area contributed by atoms with Crippen molar-refractivity contribution < 1.29 is 9.84 Å². The molecule has 0 aliphatic rings. The number of phenolic OH excluding ortho intramolecular Hbond substituents is 1. The fourth-order valence-corrected chi connectivity index (χ4v) is 2.99. The van der Waals surface area contributed by atoms with Gasteiger partial charge in [0.1, 0.15) is 11.5 Å². The molecule has 0 heterocycles. The zero-order valence-electron chi connectivity index (χ0n) is 13.4. The Bertz CT molecular complexity index is 740. The number of ether oxygens (including phenoxy) is 1. The van der Waals surface area contributed by atoms with E-state index in [0.29, 0.717) is 5.75 Å². The van der Waals surface area contributed by atoms with E-state index in [-0.39, 0.29) is 11.7 Å². The van der Waals surface area contributed by atoms with E-state index >= 15 is 0 Å². The van der Waals surface area contributed by atoms with Crippen molar-refractivity contribution in [3.8, 4) is 11.5 Å². The second-order valence-corrected chi connectivity index (χ2v) is 5.64. The highest BCUT2D eigenvalue weighted by Gasteiger charge is 2.21. The molecule has 0 saturated carbocycles. The maximum atomic E-state index is 10.6. The molecule has 0 atom stereocenters. The first kappa shape index (κ1) is 15.2. The number of methoxy groups -OCH3 is 1. The Hall–Kier alpha value is -2.74. The summed E-state index contributed by atoms with van der Waals surface area (Å²) in [6.45, 7) is 1.99. The van der Waals surface area contributed by atoms with Gasteiger partial charge >= 0.3 is 0 Å². The molecule has 0 fully saturated rings. The predicted octanol–water partition coefficient (Wildman–Crippen LogP) is 4.89. The van der Waals surface area contributed by atoms with E-state index in [0.717, 1.165) is 22.3 Å². The SMILES string of the molecule is COc1cc(O)c(C(c2ccccc2)c2ccccc2)cc1C. The molecule has 1 N–H and O–H groups in total. The van der Waals surface area contributed by atoms with Crippen molar-refractivity contribution in [2.24, 2.45) is 0 Å². The summed E-state index contributed by atoms with van der Waals surface area (Å²) in [6, 6.07) is 24.2. The van der Waals surface area contributed by atoms with E-state index in [1.807, 2.05) is 49.4 Å². The third kappa shape index (κ3) is 3.07. The molecule has 0 bridgehead atoms. The molecule has 0 amide bonds. The topological polar surface area (TPSA) is 29.5 Å². The third-order valence-corrected chi connectivity index (χ3v) is 4.12. The van der Waals surface area contributed by atoms with E-state index in [9.17, 15) is 5.11 Å². The van der Waals surface area contributed by atoms with Crippen LogP contribution in [0, 0.1) is 6.92 Å². The first-order chi connectivity index (χ1) is 11.2. The summed E-state index contributed by atoms with van der Waals surface area (Å²) >= 11 is 0. The van der Waals surface area contributed by atoms with Crippen LogP contribution in [-0.4, -0.2) is 12.2 Å². The van der Waals surface area contributed by atoms with Gasteiger partial charge in [-0.05, 0) is 29.7 Å². The molecule has 2 heteroatoms. The lowest BCUT2D eigenvalue weighted by Gasteiger charge is -2.21. The molecule has 3 aromatic carbocycles. The summed E-state index contributed by atoms with van der Waals surface area (Å²) < 4.78 is 5.31. The van der Waals surface area contributed by atoms with Crippen LogP contribution in [0.1, 0.15) is 28.2 Å². The van der Waals surface area contributed by atoms with E-state index < -0.39 is 0 Å². The predicted molar refractivity (Wildman–Crippen MR) is 93.2 cm³/mol. The maximum absolute atomic E-state index is 10.6. The van der Waals surface area contributed by atoms with Crippen LogP contribution in [-0.2, 0) is 0 Å². The minimum atomic E-state index is -0.0120. The quantitative estimate of drug-likeness (QED) is 0.695. The van der Waals surface area contributed by atoms with Crippen LogP contribution in [0.2, 0.25) is 0 Å². The summed E-state index contributed by atoms with van der Waals surface area (Å²) in [5.41, 5.74) is 4.20. The molecule has 23 heavy (non-hydrogen) atoms. The van der Waals surface area contributed by atoms with Crippen LogP contribution >= 0.6 is 0 Å². The second-order valence-electron chi connectivity index (χ2n) is 5.64. The molecule has 0 aliphatic carbocycles. The summed E-state index contributed by atoms with van der Waals surface area (Å²) in [5.74, 6) is 0.943. The van der Waals surface area contributed by atoms with Gasteiger partial charge in [-0.3, -0.25) is 0 Å². The van der Waals surface area contributed by atoms with E-state index in [1.54, 1.807) is 13.2 Å². The van der Waals surface area contributed by atoms with Crippen LogP contribution in [0.5, 0.6) is 11.5 Å². The molecule has 3 rings (SSSR count). The van der Waals surface area contributed by atoms with Crippen molar-refractivity contribution in [2.75, 3.05) is 7.11 Å². The zero-order chi connectivity index (χ0) is 16.2. The molecule has 3 aromatic rings. The van der Waals surface area contributed by atoms with Crippen LogP contribution in [0.15, 0.2) is 72.8 Å². The fourth-order valence-electron chi connectivity index (χ4n) is 2.99. The van der Waals surface area contributed by atoms with Crippen LogP contribution in [0.3, 0.4) is 0 Å². The third-order valence-electron chi connectivity index (χ3n) is 4.12. The fraction of sp³-hybridized carbons (Fsp3) is 0.143. The monoisotopic (exact) mass is 304 g/mol. The van der Waals surface area contributed by atoms with Crippen molar-refractivity contribution in [2.45, 2.75) is 12.8 Å². The molecular weight excluding hydrogens is 284 g/mol. The molecule has 0 spiro atoms. The largest absolute Gasteiger partial charge is 0.507 e. The number of phenols is 1. The number of aromatic hydroxyl groups is 1. The lowest BCUT2D eigenvalue weighted by molar-refractivity contribution is 0.403. The lowest BCUT2D eigenvalue weighted by atomic mass is 9.84. The van der Waals surface area contributed by atoms with Crippen molar-refractivity contribution in [3.05, 3.63) is 95.1 Å². The van der Waals surface area contributed by atoms with Gasteiger partial charge in [-0.2, -0.15) is 0 Å². The number of aryl methyl sites for hydroxylation is 1. The number of hydrogen-bond donors (Lipinski definition) is 1. The Balaban J connectivity index is 2.19. The Morgan fingerprint density at radius 2 is 1.35 bits per heavy atom. The highest BCUT2D eigenvalue weighted by Crippen LogP contribution is 2.39. The van der Waals surface area contributed by atoms with Gasteiger partial charge in [-0.25, -0.2) is 0 Å². The van der Waals surface area contributed by atoms with Gasteiger partial charge in [0.2, 0.25) is 0 Å². The van der Waals surface area contributed by atoms with Gasteiger partial charge in [0.05, 0.1) is 7.11 Å². The Labute approximate surface area is 137 Å². The van der Waals surface area contributed by atoms with Crippen molar-refractivity contribution in [3.63, 3.8) is 0 Å². The van der Waals surface area contributed by atoms with Crippen LogP contribution in [0.25, 0.3) is 0 Å². The van der Waals surface area contributed by atoms with E-state index in [2.05, 4.69) is 24.3 Å². The lowest BCUT2D eigenvalue weighted by Crippen LogP contribution is -2.04. The van der Waals surface area contributed by atoms with Crippen molar-refractivity contribution >= 4 is 0 Å². The Morgan fingerprint density at radius 1 is 0.826 bits per heavy atom. The van der Waals surface area contributed by atoms with Gasteiger partial charge in [0.25, 0.3) is 0 Å². The summed E-state index contributed by atoms with van der Waals surface area (Å²) in [5, 5.41) is 10.6. The van der Waals surface area contributed by atoms with Gasteiger partial charge in [0.15, 0.2) is 0 Å². The average molecular weight is 304 g/mol. The number of hydrogen-bond acceptors (Lipinski definition) is 2. The molecule has 0 radical (unpaired) electrons. The van der Waals surface area contributed by atoms with E-state index in [1.165, 1.54) is 0 Å². The summed E-state index contributed by atoms with van der Waals surface area (Å²) in [6.07, 6.45) is 0. The van der Waals surface area contributed by atoms with Gasteiger partial charge in [-0.1, -0.05) is 60.7 Å². The highest BCUT2D eigenvalue weighted by molar-refractivity contribution is 5.53. The van der Waals surface area contributed by atoms with Crippen LogP contribution < -0.4 is 4.74 Å². The second kappa shape index (κ2) is 6.57. The molecule has 0 aromatic heterocycles. The first-order valence-corrected chi connectivity index (χ1v) is 7.68. The summed E-state index contributed by atoms with van der Waals surface area (Å²) in [7, 11) is 1.62. The standard InChI is InChI=1S/C21H20O2/c1-15-13-18(19(22)14-20(15)23-2)21(16-9-5-3-6-10-16)17-11-7-4-8-12-17/h3-14,21-22H,1-2H3. The van der Waals surface area contributed by atoms with E-state index in [4.69, 9.17) is 4.74 Å². The van der Waals surface area contributed by atoms with Crippen molar-refractivity contribution in [1.82, 2.24) is 0 Å². The minimum absolute atomic E-state index is 0.0120. The minimum Gasteiger partial charge on any atom is -0.507 e. The molecule has 2 nitrogen and oxygen atoms in total. The molecular formula is C21H20O2. The highest BCUT2D eigenvalue weighted by atomic mass is 16.5.